The fourth-order valence-electron chi connectivity index (χ4n) is 2.21. The topological polar surface area (TPSA) is 85.8 Å². The zero-order chi connectivity index (χ0) is 15.0. The predicted octanol–water partition coefficient (Wildman–Crippen LogP) is 1.80. The zero-order valence-electron chi connectivity index (χ0n) is 11.8. The minimum absolute atomic E-state index is 0.0815. The first kappa shape index (κ1) is 13.7. The Morgan fingerprint density at radius 2 is 2.14 bits per heavy atom. The van der Waals surface area contributed by atoms with Crippen molar-refractivity contribution in [2.45, 2.75) is 20.4 Å². The number of nitrogens with one attached hydrogen (secondary N) is 1. The van der Waals surface area contributed by atoms with Gasteiger partial charge in [-0.3, -0.25) is 4.79 Å². The number of aromatic nitrogens is 3. The maximum absolute atomic E-state index is 11.8. The number of pyridine rings is 1. The lowest BCUT2D eigenvalue weighted by Crippen LogP contribution is -2.20. The standard InChI is InChI=1S/C14H15N5OS/c1-8-9(2)21-14-12(8)13(18-15)16-10(17-14)7-19-6-4-3-5-11(19)20/h3-6H,7,15H2,1-2H3,(H,16,17,18). The lowest BCUT2D eigenvalue weighted by molar-refractivity contribution is 0.720. The van der Waals surface area contributed by atoms with Gasteiger partial charge in [-0.05, 0) is 25.5 Å². The molecule has 7 heteroatoms. The number of hydrazine groups is 1. The maximum Gasteiger partial charge on any atom is 0.250 e. The molecule has 0 aliphatic heterocycles. The molecule has 3 heterocycles. The summed E-state index contributed by atoms with van der Waals surface area (Å²) in [5.74, 6) is 6.74. The molecule has 0 aliphatic carbocycles. The van der Waals surface area contributed by atoms with Crippen molar-refractivity contribution >= 4 is 27.4 Å². The summed E-state index contributed by atoms with van der Waals surface area (Å²) in [5, 5.41) is 0.948. The Balaban J connectivity index is 2.12. The van der Waals surface area contributed by atoms with E-state index in [0.717, 1.165) is 15.8 Å². The van der Waals surface area contributed by atoms with Gasteiger partial charge in [0.05, 0.1) is 11.9 Å². The van der Waals surface area contributed by atoms with Crippen LogP contribution in [0, 0.1) is 13.8 Å². The molecule has 0 saturated carbocycles. The lowest BCUT2D eigenvalue weighted by Gasteiger charge is -2.07. The van der Waals surface area contributed by atoms with Crippen molar-refractivity contribution in [2.24, 2.45) is 5.84 Å². The van der Waals surface area contributed by atoms with E-state index >= 15 is 0 Å². The quantitative estimate of drug-likeness (QED) is 0.569. The van der Waals surface area contributed by atoms with Crippen molar-refractivity contribution < 1.29 is 0 Å². The van der Waals surface area contributed by atoms with Gasteiger partial charge in [0.25, 0.3) is 5.56 Å². The summed E-state index contributed by atoms with van der Waals surface area (Å²) in [5.41, 5.74) is 3.68. The van der Waals surface area contributed by atoms with Crippen LogP contribution in [0.15, 0.2) is 29.2 Å². The van der Waals surface area contributed by atoms with Crippen LogP contribution in [0.3, 0.4) is 0 Å². The molecule has 0 atom stereocenters. The molecule has 0 amide bonds. The van der Waals surface area contributed by atoms with Gasteiger partial charge in [-0.2, -0.15) is 0 Å². The van der Waals surface area contributed by atoms with Gasteiger partial charge in [0.1, 0.15) is 4.83 Å². The van der Waals surface area contributed by atoms with Crippen molar-refractivity contribution in [3.05, 3.63) is 51.0 Å². The molecule has 0 unspecified atom stereocenters. The summed E-state index contributed by atoms with van der Waals surface area (Å²) in [6.45, 7) is 4.39. The fraction of sp³-hybridized carbons (Fsp3) is 0.214. The van der Waals surface area contributed by atoms with Crippen LogP contribution in [-0.4, -0.2) is 14.5 Å². The first-order valence-electron chi connectivity index (χ1n) is 6.49. The fourth-order valence-corrected chi connectivity index (χ4v) is 3.26. The Labute approximate surface area is 125 Å². The number of thiophene rings is 1. The van der Waals surface area contributed by atoms with Crippen molar-refractivity contribution in [2.75, 3.05) is 5.43 Å². The highest BCUT2D eigenvalue weighted by molar-refractivity contribution is 7.18. The van der Waals surface area contributed by atoms with Crippen LogP contribution in [0.1, 0.15) is 16.3 Å². The van der Waals surface area contributed by atoms with Crippen LogP contribution >= 0.6 is 11.3 Å². The molecule has 3 N–H and O–H groups in total. The molecular weight excluding hydrogens is 286 g/mol. The summed E-state index contributed by atoms with van der Waals surface area (Å²) >= 11 is 1.60. The van der Waals surface area contributed by atoms with E-state index in [-0.39, 0.29) is 5.56 Å². The maximum atomic E-state index is 11.8. The number of rotatable bonds is 3. The number of hydrogen-bond donors (Lipinski definition) is 2. The first-order valence-corrected chi connectivity index (χ1v) is 7.30. The molecule has 21 heavy (non-hydrogen) atoms. The molecule has 0 bridgehead atoms. The molecule has 0 radical (unpaired) electrons. The highest BCUT2D eigenvalue weighted by Crippen LogP contribution is 2.32. The van der Waals surface area contributed by atoms with Crippen LogP contribution < -0.4 is 16.8 Å². The van der Waals surface area contributed by atoms with Gasteiger partial charge in [0.2, 0.25) is 0 Å². The number of nitrogens with two attached hydrogens (primary N) is 1. The summed E-state index contributed by atoms with van der Waals surface area (Å²) in [7, 11) is 0. The summed E-state index contributed by atoms with van der Waals surface area (Å²) in [6, 6.07) is 5.03. The third kappa shape index (κ3) is 2.41. The third-order valence-electron chi connectivity index (χ3n) is 3.42. The highest BCUT2D eigenvalue weighted by atomic mass is 32.1. The minimum atomic E-state index is -0.0815. The number of nitrogens with zero attached hydrogens (tertiary/aromatic N) is 3. The Kier molecular flexibility index (Phi) is 3.44. The average molecular weight is 301 g/mol. The Morgan fingerprint density at radius 3 is 2.86 bits per heavy atom. The van der Waals surface area contributed by atoms with E-state index in [1.807, 2.05) is 19.9 Å². The van der Waals surface area contributed by atoms with E-state index in [2.05, 4.69) is 15.4 Å². The van der Waals surface area contributed by atoms with Crippen molar-refractivity contribution in [3.63, 3.8) is 0 Å². The number of anilines is 1. The molecular formula is C14H15N5OS. The van der Waals surface area contributed by atoms with E-state index < -0.39 is 0 Å². The molecule has 6 nitrogen and oxygen atoms in total. The lowest BCUT2D eigenvalue weighted by atomic mass is 10.2. The van der Waals surface area contributed by atoms with Gasteiger partial charge in [-0.1, -0.05) is 6.07 Å². The largest absolute Gasteiger partial charge is 0.308 e. The number of aryl methyl sites for hydroxylation is 2. The van der Waals surface area contributed by atoms with Crippen LogP contribution in [0.25, 0.3) is 10.2 Å². The predicted molar refractivity (Wildman–Crippen MR) is 84.5 cm³/mol. The van der Waals surface area contributed by atoms with Crippen molar-refractivity contribution in [3.8, 4) is 0 Å². The summed E-state index contributed by atoms with van der Waals surface area (Å²) < 4.78 is 1.56. The van der Waals surface area contributed by atoms with Gasteiger partial charge in [-0.25, -0.2) is 15.8 Å². The molecule has 0 fully saturated rings. The van der Waals surface area contributed by atoms with Gasteiger partial charge >= 0.3 is 0 Å². The molecule has 0 aromatic carbocycles. The van der Waals surface area contributed by atoms with E-state index in [9.17, 15) is 4.79 Å². The third-order valence-corrected chi connectivity index (χ3v) is 4.52. The normalized spacial score (nSPS) is 11.0. The van der Waals surface area contributed by atoms with Gasteiger partial charge < -0.3 is 9.99 Å². The van der Waals surface area contributed by atoms with E-state index in [0.29, 0.717) is 18.2 Å². The Hall–Kier alpha value is -2.25. The van der Waals surface area contributed by atoms with Gasteiger partial charge in [-0.15, -0.1) is 11.3 Å². The second-order valence-electron chi connectivity index (χ2n) is 4.76. The molecule has 3 rings (SSSR count). The zero-order valence-corrected chi connectivity index (χ0v) is 12.6. The molecule has 0 aliphatic rings. The highest BCUT2D eigenvalue weighted by Gasteiger charge is 2.14. The minimum Gasteiger partial charge on any atom is -0.308 e. The van der Waals surface area contributed by atoms with Crippen LogP contribution in [0.2, 0.25) is 0 Å². The molecule has 0 saturated heterocycles. The first-order chi connectivity index (χ1) is 10.1. The Bertz CT molecular complexity index is 867. The molecule has 0 spiro atoms. The Morgan fingerprint density at radius 1 is 1.33 bits per heavy atom. The molecule has 3 aromatic heterocycles. The second-order valence-corrected chi connectivity index (χ2v) is 5.97. The van der Waals surface area contributed by atoms with Crippen LogP contribution in [0.5, 0.6) is 0 Å². The second kappa shape index (κ2) is 5.27. The van der Waals surface area contributed by atoms with Crippen molar-refractivity contribution in [1.29, 1.82) is 0 Å². The average Bonchev–Trinajstić information content (AvgIpc) is 2.76. The smallest absolute Gasteiger partial charge is 0.250 e. The number of fused-ring (bicyclic) bond motifs is 1. The van der Waals surface area contributed by atoms with E-state index in [4.69, 9.17) is 5.84 Å². The van der Waals surface area contributed by atoms with E-state index in [1.165, 1.54) is 10.9 Å². The van der Waals surface area contributed by atoms with Gasteiger partial charge in [0.15, 0.2) is 11.6 Å². The van der Waals surface area contributed by atoms with Crippen LogP contribution in [-0.2, 0) is 6.54 Å². The number of nitrogen functional groups attached to an aromatic ring is 1. The molecule has 3 aromatic rings. The van der Waals surface area contributed by atoms with Crippen molar-refractivity contribution in [1.82, 2.24) is 14.5 Å². The number of hydrogen-bond acceptors (Lipinski definition) is 6. The van der Waals surface area contributed by atoms with E-state index in [1.54, 1.807) is 28.2 Å². The SMILES string of the molecule is Cc1sc2nc(Cn3ccccc3=O)nc(NN)c2c1C. The van der Waals surface area contributed by atoms with Gasteiger partial charge in [0, 0.05) is 17.1 Å². The van der Waals surface area contributed by atoms with Crippen LogP contribution in [0.4, 0.5) is 5.82 Å². The molecule has 108 valence electrons. The summed E-state index contributed by atoms with van der Waals surface area (Å²) in [4.78, 5) is 22.8. The monoisotopic (exact) mass is 301 g/mol. The summed E-state index contributed by atoms with van der Waals surface area (Å²) in [6.07, 6.45) is 1.72.